The number of carbonyl (C=O) groups is 1. The molecule has 1 aromatic rings. The predicted molar refractivity (Wildman–Crippen MR) is 85.8 cm³/mol. The lowest BCUT2D eigenvalue weighted by molar-refractivity contribution is 0.0952. The molecule has 1 N–H and O–H groups in total. The normalized spacial score (nSPS) is 10.8. The predicted octanol–water partition coefficient (Wildman–Crippen LogP) is 3.85. The zero-order valence-electron chi connectivity index (χ0n) is 12.1. The number of nitrogens with zero attached hydrogens (tertiary/aromatic N) is 1. The summed E-state index contributed by atoms with van der Waals surface area (Å²) < 4.78 is 0. The highest BCUT2D eigenvalue weighted by Gasteiger charge is 2.09. The van der Waals surface area contributed by atoms with Crippen molar-refractivity contribution < 1.29 is 4.79 Å². The fourth-order valence-corrected chi connectivity index (χ4v) is 2.47. The Bertz CT molecular complexity index is 434. The van der Waals surface area contributed by atoms with Crippen molar-refractivity contribution in [3.63, 3.8) is 0 Å². The molecule has 1 amide bonds. The van der Waals surface area contributed by atoms with E-state index in [1.54, 1.807) is 18.2 Å². The van der Waals surface area contributed by atoms with E-state index < -0.39 is 0 Å². The molecule has 0 aliphatic heterocycles. The van der Waals surface area contributed by atoms with Crippen LogP contribution >= 0.6 is 23.2 Å². The summed E-state index contributed by atoms with van der Waals surface area (Å²) in [6.07, 6.45) is 2.05. The molecule has 3 nitrogen and oxygen atoms in total. The molecule has 112 valence electrons. The molecule has 0 unspecified atom stereocenters. The maximum atomic E-state index is 11.9. The molecular formula is C15H22Cl2N2O. The van der Waals surface area contributed by atoms with Crippen LogP contribution in [0, 0.1) is 0 Å². The smallest absolute Gasteiger partial charge is 0.252 e. The molecule has 0 spiro atoms. The highest BCUT2D eigenvalue weighted by Crippen LogP contribution is 2.20. The van der Waals surface area contributed by atoms with E-state index in [4.69, 9.17) is 23.2 Å². The highest BCUT2D eigenvalue weighted by atomic mass is 35.5. The van der Waals surface area contributed by atoms with Crippen LogP contribution in [-0.4, -0.2) is 37.0 Å². The van der Waals surface area contributed by atoms with E-state index in [1.165, 1.54) is 0 Å². The molecule has 0 aromatic heterocycles. The number of carbonyl (C=O) groups excluding carboxylic acids is 1. The van der Waals surface area contributed by atoms with Gasteiger partial charge in [0.1, 0.15) is 0 Å². The van der Waals surface area contributed by atoms with E-state index in [2.05, 4.69) is 24.1 Å². The molecule has 1 rings (SSSR count). The maximum Gasteiger partial charge on any atom is 0.252 e. The van der Waals surface area contributed by atoms with E-state index in [-0.39, 0.29) is 5.91 Å². The van der Waals surface area contributed by atoms with Gasteiger partial charge in [-0.1, -0.05) is 37.0 Å². The van der Waals surface area contributed by atoms with Gasteiger partial charge in [-0.3, -0.25) is 4.79 Å². The molecule has 5 heteroatoms. The summed E-state index contributed by atoms with van der Waals surface area (Å²) in [6.45, 7) is 8.21. The molecule has 0 radical (unpaired) electrons. The summed E-state index contributed by atoms with van der Waals surface area (Å²) in [7, 11) is 0. The van der Waals surface area contributed by atoms with Crippen LogP contribution in [-0.2, 0) is 0 Å². The average molecular weight is 317 g/mol. The van der Waals surface area contributed by atoms with Gasteiger partial charge in [0, 0.05) is 11.6 Å². The number of rotatable bonds is 8. The number of benzene rings is 1. The van der Waals surface area contributed by atoms with Crippen molar-refractivity contribution in [2.24, 2.45) is 0 Å². The van der Waals surface area contributed by atoms with Crippen LogP contribution in [0.5, 0.6) is 0 Å². The molecule has 0 atom stereocenters. The van der Waals surface area contributed by atoms with E-state index in [0.717, 1.165) is 32.5 Å². The number of unbranched alkanes of at least 4 members (excludes halogenated alkanes) is 1. The molecule has 20 heavy (non-hydrogen) atoms. The van der Waals surface area contributed by atoms with Crippen molar-refractivity contribution in [1.29, 1.82) is 0 Å². The Morgan fingerprint density at radius 2 is 1.90 bits per heavy atom. The minimum Gasteiger partial charge on any atom is -0.352 e. The van der Waals surface area contributed by atoms with Crippen LogP contribution in [0.4, 0.5) is 0 Å². The van der Waals surface area contributed by atoms with Gasteiger partial charge in [0.15, 0.2) is 0 Å². The molecule has 0 bridgehead atoms. The fraction of sp³-hybridized carbons (Fsp3) is 0.533. The highest BCUT2D eigenvalue weighted by molar-refractivity contribution is 6.36. The number of halogens is 2. The zero-order valence-corrected chi connectivity index (χ0v) is 13.6. The first kappa shape index (κ1) is 17.3. The van der Waals surface area contributed by atoms with E-state index >= 15 is 0 Å². The largest absolute Gasteiger partial charge is 0.352 e. The van der Waals surface area contributed by atoms with Gasteiger partial charge in [-0.15, -0.1) is 0 Å². The number of amides is 1. The molecule has 0 heterocycles. The van der Waals surface area contributed by atoms with Gasteiger partial charge in [-0.2, -0.15) is 0 Å². The lowest BCUT2D eigenvalue weighted by Gasteiger charge is -2.17. The Balaban J connectivity index is 2.30. The van der Waals surface area contributed by atoms with Crippen LogP contribution in [0.2, 0.25) is 10.0 Å². The number of hydrogen-bond acceptors (Lipinski definition) is 2. The summed E-state index contributed by atoms with van der Waals surface area (Å²) in [5.41, 5.74) is 0.472. The average Bonchev–Trinajstić information content (AvgIpc) is 2.42. The van der Waals surface area contributed by atoms with Crippen LogP contribution in [0.3, 0.4) is 0 Å². The van der Waals surface area contributed by atoms with Crippen molar-refractivity contribution in [2.75, 3.05) is 26.2 Å². The van der Waals surface area contributed by atoms with Crippen molar-refractivity contribution >= 4 is 29.1 Å². The number of nitrogens with one attached hydrogen (secondary N) is 1. The van der Waals surface area contributed by atoms with Gasteiger partial charge < -0.3 is 10.2 Å². The SMILES string of the molecule is CCN(CC)CCCCNC(=O)c1ccc(Cl)cc1Cl. The summed E-state index contributed by atoms with van der Waals surface area (Å²) in [5.74, 6) is -0.144. The second-order valence-electron chi connectivity index (χ2n) is 4.61. The van der Waals surface area contributed by atoms with E-state index in [9.17, 15) is 4.79 Å². The van der Waals surface area contributed by atoms with Crippen molar-refractivity contribution in [1.82, 2.24) is 10.2 Å². The second-order valence-corrected chi connectivity index (χ2v) is 5.46. The summed E-state index contributed by atoms with van der Waals surface area (Å²) in [5, 5.41) is 3.80. The number of hydrogen-bond donors (Lipinski definition) is 1. The third-order valence-electron chi connectivity index (χ3n) is 3.26. The quantitative estimate of drug-likeness (QED) is 0.739. The van der Waals surface area contributed by atoms with Crippen molar-refractivity contribution in [3.8, 4) is 0 Å². The summed E-state index contributed by atoms with van der Waals surface area (Å²) in [6, 6.07) is 4.90. The van der Waals surface area contributed by atoms with E-state index in [0.29, 0.717) is 22.2 Å². The minimum atomic E-state index is -0.144. The fourth-order valence-electron chi connectivity index (χ4n) is 1.97. The second kappa shape index (κ2) is 9.22. The van der Waals surface area contributed by atoms with E-state index in [1.807, 2.05) is 0 Å². The molecule has 0 aliphatic rings. The first-order valence-electron chi connectivity index (χ1n) is 7.04. The first-order chi connectivity index (χ1) is 9.58. The Kier molecular flexibility index (Phi) is 7.97. The van der Waals surface area contributed by atoms with Gasteiger partial charge in [0.25, 0.3) is 5.91 Å². The Hall–Kier alpha value is -0.770. The molecule has 1 aromatic carbocycles. The standard InChI is InChI=1S/C15H22Cl2N2O/c1-3-19(4-2)10-6-5-9-18-15(20)13-8-7-12(16)11-14(13)17/h7-8,11H,3-6,9-10H2,1-2H3,(H,18,20). The summed E-state index contributed by atoms with van der Waals surface area (Å²) in [4.78, 5) is 14.3. The molecule has 0 fully saturated rings. The third kappa shape index (κ3) is 5.70. The van der Waals surface area contributed by atoms with Crippen molar-refractivity contribution in [3.05, 3.63) is 33.8 Å². The van der Waals surface area contributed by atoms with Gasteiger partial charge in [-0.25, -0.2) is 0 Å². The first-order valence-corrected chi connectivity index (χ1v) is 7.79. The van der Waals surface area contributed by atoms with Crippen LogP contribution in [0.25, 0.3) is 0 Å². The Labute approximate surface area is 131 Å². The molecule has 0 saturated heterocycles. The van der Waals surface area contributed by atoms with Gasteiger partial charge in [0.2, 0.25) is 0 Å². The van der Waals surface area contributed by atoms with Gasteiger partial charge in [-0.05, 0) is 50.7 Å². The van der Waals surface area contributed by atoms with Gasteiger partial charge >= 0.3 is 0 Å². The van der Waals surface area contributed by atoms with Crippen LogP contribution < -0.4 is 5.32 Å². The molecular weight excluding hydrogens is 295 g/mol. The maximum absolute atomic E-state index is 11.9. The van der Waals surface area contributed by atoms with Crippen LogP contribution in [0.1, 0.15) is 37.0 Å². The Morgan fingerprint density at radius 1 is 1.20 bits per heavy atom. The third-order valence-corrected chi connectivity index (χ3v) is 3.80. The van der Waals surface area contributed by atoms with Crippen molar-refractivity contribution in [2.45, 2.75) is 26.7 Å². The topological polar surface area (TPSA) is 32.3 Å². The summed E-state index contributed by atoms with van der Waals surface area (Å²) >= 11 is 11.8. The van der Waals surface area contributed by atoms with Gasteiger partial charge in [0.05, 0.1) is 10.6 Å². The molecule has 0 saturated carbocycles. The lowest BCUT2D eigenvalue weighted by Crippen LogP contribution is -2.27. The van der Waals surface area contributed by atoms with Crippen LogP contribution in [0.15, 0.2) is 18.2 Å². The zero-order chi connectivity index (χ0) is 15.0. The lowest BCUT2D eigenvalue weighted by atomic mass is 10.2. The monoisotopic (exact) mass is 316 g/mol. The minimum absolute atomic E-state index is 0.144. The molecule has 0 aliphatic carbocycles. The Morgan fingerprint density at radius 3 is 2.50 bits per heavy atom.